The molecule has 0 saturated carbocycles. The van der Waals surface area contributed by atoms with Gasteiger partial charge in [-0.2, -0.15) is 26.3 Å². The van der Waals surface area contributed by atoms with Gasteiger partial charge >= 0.3 is 24.4 Å². The van der Waals surface area contributed by atoms with Crippen molar-refractivity contribution >= 4 is 17.7 Å². The topological polar surface area (TPSA) is 106 Å². The zero-order valence-electron chi connectivity index (χ0n) is 20.4. The molecule has 3 unspecified atom stereocenters. The summed E-state index contributed by atoms with van der Waals surface area (Å²) in [5.41, 5.74) is -7.88. The molecule has 208 valence electrons. The minimum atomic E-state index is -5.26. The number of aliphatic hydroxyl groups is 1. The first kappa shape index (κ1) is 28.9. The average molecular weight is 551 g/mol. The van der Waals surface area contributed by atoms with Gasteiger partial charge in [-0.15, -0.1) is 0 Å². The van der Waals surface area contributed by atoms with Crippen LogP contribution in [0, 0.1) is 0 Å². The van der Waals surface area contributed by atoms with E-state index in [1.54, 1.807) is 0 Å². The molecule has 2 N–H and O–H groups in total. The number of nitrogens with zero attached hydrogens (tertiary/aromatic N) is 1. The summed E-state index contributed by atoms with van der Waals surface area (Å²) in [6, 6.07) is 1.76. The smallest absolute Gasteiger partial charge is 0.416 e. The number of anilines is 1. The van der Waals surface area contributed by atoms with E-state index in [0.29, 0.717) is 0 Å². The monoisotopic (exact) mass is 551 g/mol. The molecule has 1 aliphatic heterocycles. The molecule has 0 radical (unpaired) electrons. The van der Waals surface area contributed by atoms with Crippen molar-refractivity contribution < 1.29 is 60.4 Å². The van der Waals surface area contributed by atoms with Crippen LogP contribution in [-0.2, 0) is 27.5 Å². The van der Waals surface area contributed by atoms with Gasteiger partial charge in [0, 0.05) is 18.0 Å². The Hall–Kier alpha value is -3.68. The van der Waals surface area contributed by atoms with Crippen LogP contribution in [0.4, 0.5) is 36.8 Å². The summed E-state index contributed by atoms with van der Waals surface area (Å²) < 4.78 is 96.7. The Morgan fingerprint density at radius 2 is 1.34 bits per heavy atom. The molecule has 1 amide bonds. The predicted octanol–water partition coefficient (Wildman–Crippen LogP) is 5.16. The molecule has 0 bridgehead atoms. The number of carbonyl (C=O) groups excluding carboxylic acids is 1. The second-order valence-electron chi connectivity index (χ2n) is 8.61. The van der Waals surface area contributed by atoms with Crippen molar-refractivity contribution in [1.82, 2.24) is 0 Å². The number of ether oxygens (including phenoxy) is 3. The summed E-state index contributed by atoms with van der Waals surface area (Å²) in [5, 5.41) is 21.6. The predicted molar refractivity (Wildman–Crippen MR) is 119 cm³/mol. The van der Waals surface area contributed by atoms with E-state index >= 15 is 0 Å². The van der Waals surface area contributed by atoms with Gasteiger partial charge in [0.05, 0.1) is 38.1 Å². The Morgan fingerprint density at radius 3 is 1.76 bits per heavy atom. The van der Waals surface area contributed by atoms with Crippen LogP contribution in [0.3, 0.4) is 0 Å². The van der Waals surface area contributed by atoms with Crippen molar-refractivity contribution in [2.75, 3.05) is 26.2 Å². The van der Waals surface area contributed by atoms with Gasteiger partial charge in [0.2, 0.25) is 0 Å². The van der Waals surface area contributed by atoms with E-state index in [9.17, 15) is 46.1 Å². The zero-order chi connectivity index (χ0) is 28.8. The molecule has 0 aliphatic carbocycles. The first-order chi connectivity index (χ1) is 17.5. The third kappa shape index (κ3) is 4.91. The van der Waals surface area contributed by atoms with Gasteiger partial charge in [0.25, 0.3) is 0 Å². The molecule has 2 aromatic carbocycles. The second kappa shape index (κ2) is 9.89. The highest BCUT2D eigenvalue weighted by molar-refractivity contribution is 5.91. The fourth-order valence-corrected chi connectivity index (χ4v) is 4.66. The fraction of sp³-hybridized carbons (Fsp3) is 0.417. The quantitative estimate of drug-likeness (QED) is 0.391. The van der Waals surface area contributed by atoms with Crippen LogP contribution in [0.25, 0.3) is 0 Å². The molecule has 2 aromatic rings. The molecule has 1 aliphatic rings. The minimum Gasteiger partial charge on any atom is -0.493 e. The van der Waals surface area contributed by atoms with Crippen molar-refractivity contribution in [3.8, 4) is 11.5 Å². The number of methoxy groups -OCH3 is 3. The Labute approximate surface area is 212 Å². The van der Waals surface area contributed by atoms with Crippen LogP contribution in [0.5, 0.6) is 11.5 Å². The molecule has 38 heavy (non-hydrogen) atoms. The van der Waals surface area contributed by atoms with Gasteiger partial charge in [-0.05, 0) is 48.7 Å². The van der Waals surface area contributed by atoms with Crippen molar-refractivity contribution in [2.45, 2.75) is 43.3 Å². The number of rotatable bonds is 5. The van der Waals surface area contributed by atoms with Crippen LogP contribution < -0.4 is 14.4 Å². The van der Waals surface area contributed by atoms with Crippen molar-refractivity contribution in [3.63, 3.8) is 0 Å². The van der Waals surface area contributed by atoms with Crippen molar-refractivity contribution in [2.24, 2.45) is 0 Å². The maximum atomic E-state index is 13.6. The first-order valence-corrected chi connectivity index (χ1v) is 10.9. The molecule has 1 heterocycles. The van der Waals surface area contributed by atoms with Crippen LogP contribution in [0.2, 0.25) is 0 Å². The Bertz CT molecular complexity index is 1210. The third-order valence-electron chi connectivity index (χ3n) is 6.42. The third-order valence-corrected chi connectivity index (χ3v) is 6.42. The molecular formula is C24H23F6NO7. The first-order valence-electron chi connectivity index (χ1n) is 10.9. The molecule has 0 fully saturated rings. The lowest BCUT2D eigenvalue weighted by atomic mass is 9.71. The molecular weight excluding hydrogens is 528 g/mol. The highest BCUT2D eigenvalue weighted by atomic mass is 19.4. The molecule has 8 nitrogen and oxygen atoms in total. The number of alkyl halides is 6. The second-order valence-corrected chi connectivity index (χ2v) is 8.61. The van der Waals surface area contributed by atoms with E-state index in [1.807, 2.05) is 0 Å². The standard InChI is InChI=1S/C24H23F6NO7/c1-11-5-16(15-9-18(36-2)19(37-3)10-17(15)31(11)21(33)34)22(35,20(32)38-4)12-6-13(23(25,26)27)8-14(7-12)24(28,29)30/h6-11,16,35H,5H2,1-4H3,(H,33,34). The zero-order valence-corrected chi connectivity index (χ0v) is 20.4. The number of fused-ring (bicyclic) bond motifs is 1. The fourth-order valence-electron chi connectivity index (χ4n) is 4.66. The van der Waals surface area contributed by atoms with E-state index in [1.165, 1.54) is 33.3 Å². The van der Waals surface area contributed by atoms with Gasteiger partial charge < -0.3 is 24.4 Å². The summed E-state index contributed by atoms with van der Waals surface area (Å²) >= 11 is 0. The number of carboxylic acid groups (broad SMARTS) is 1. The molecule has 14 heteroatoms. The number of amides is 1. The van der Waals surface area contributed by atoms with Crippen LogP contribution in [-0.4, -0.2) is 49.6 Å². The maximum absolute atomic E-state index is 13.6. The van der Waals surface area contributed by atoms with E-state index in [2.05, 4.69) is 4.74 Å². The normalized spacial score (nSPS) is 19.3. The lowest BCUT2D eigenvalue weighted by Crippen LogP contribution is -2.50. The van der Waals surface area contributed by atoms with Crippen LogP contribution >= 0.6 is 0 Å². The summed E-state index contributed by atoms with van der Waals surface area (Å²) in [5.74, 6) is -3.07. The lowest BCUT2D eigenvalue weighted by Gasteiger charge is -2.44. The highest BCUT2D eigenvalue weighted by Crippen LogP contribution is 2.52. The van der Waals surface area contributed by atoms with Gasteiger partial charge in [-0.1, -0.05) is 0 Å². The Balaban J connectivity index is 2.42. The Morgan fingerprint density at radius 1 is 0.868 bits per heavy atom. The van der Waals surface area contributed by atoms with E-state index in [-0.39, 0.29) is 40.9 Å². The molecule has 0 spiro atoms. The number of hydrogen-bond acceptors (Lipinski definition) is 6. The average Bonchev–Trinajstić information content (AvgIpc) is 2.84. The van der Waals surface area contributed by atoms with Crippen LogP contribution in [0.15, 0.2) is 30.3 Å². The number of esters is 1. The van der Waals surface area contributed by atoms with E-state index in [0.717, 1.165) is 12.0 Å². The van der Waals surface area contributed by atoms with E-state index in [4.69, 9.17) is 9.47 Å². The van der Waals surface area contributed by atoms with Gasteiger partial charge in [0.1, 0.15) is 0 Å². The largest absolute Gasteiger partial charge is 0.493 e. The van der Waals surface area contributed by atoms with Crippen LogP contribution in [0.1, 0.15) is 41.5 Å². The molecule has 0 aromatic heterocycles. The summed E-state index contributed by atoms with van der Waals surface area (Å²) in [6.45, 7) is 1.39. The molecule has 3 rings (SSSR count). The van der Waals surface area contributed by atoms with Gasteiger partial charge in [0.15, 0.2) is 17.1 Å². The minimum absolute atomic E-state index is 0.00313. The SMILES string of the molecule is COC(=O)C(O)(c1cc(C(F)(F)F)cc(C(F)(F)F)c1)C1CC(C)N(C(=O)O)c2cc(OC)c(OC)cc21. The van der Waals surface area contributed by atoms with E-state index < -0.39 is 65.1 Å². The van der Waals surface area contributed by atoms with Crippen molar-refractivity contribution in [1.29, 1.82) is 0 Å². The number of benzene rings is 2. The summed E-state index contributed by atoms with van der Waals surface area (Å²) in [7, 11) is 3.29. The highest BCUT2D eigenvalue weighted by Gasteiger charge is 2.53. The lowest BCUT2D eigenvalue weighted by molar-refractivity contribution is -0.168. The molecule has 3 atom stereocenters. The maximum Gasteiger partial charge on any atom is 0.416 e. The Kier molecular flexibility index (Phi) is 7.52. The van der Waals surface area contributed by atoms with Gasteiger partial charge in [-0.25, -0.2) is 9.59 Å². The van der Waals surface area contributed by atoms with Gasteiger partial charge in [-0.3, -0.25) is 4.90 Å². The number of hydrogen-bond donors (Lipinski definition) is 2. The number of halogens is 6. The van der Waals surface area contributed by atoms with Crippen molar-refractivity contribution in [3.05, 3.63) is 52.6 Å². The summed E-state index contributed by atoms with van der Waals surface area (Å²) in [6.07, 6.45) is -12.4. The molecule has 0 saturated heterocycles. The number of carbonyl (C=O) groups is 2. The summed E-state index contributed by atoms with van der Waals surface area (Å²) in [4.78, 5) is 26.0.